The van der Waals surface area contributed by atoms with E-state index in [9.17, 15) is 0 Å². The zero-order chi connectivity index (χ0) is 13.8. The van der Waals surface area contributed by atoms with Gasteiger partial charge in [0.2, 0.25) is 0 Å². The van der Waals surface area contributed by atoms with Crippen molar-refractivity contribution in [1.29, 1.82) is 0 Å². The van der Waals surface area contributed by atoms with Crippen molar-refractivity contribution < 1.29 is 0 Å². The highest BCUT2D eigenvalue weighted by molar-refractivity contribution is 7.13. The fourth-order valence-electron chi connectivity index (χ4n) is 1.86. The fraction of sp³-hybridized carbons (Fsp3) is 0.0588. The lowest BCUT2D eigenvalue weighted by Crippen LogP contribution is -1.71. The van der Waals surface area contributed by atoms with Crippen LogP contribution in [-0.4, -0.2) is 0 Å². The molecule has 0 amide bonds. The number of hydrogen-bond donors (Lipinski definition) is 0. The minimum atomic E-state index is 0.867. The van der Waals surface area contributed by atoms with Gasteiger partial charge in [0.1, 0.15) is 0 Å². The largest absolute Gasteiger partial charge is 0.151 e. The number of hydrogen-bond acceptors (Lipinski definition) is 3. The number of azo groups is 1. The maximum atomic E-state index is 4.26. The summed E-state index contributed by atoms with van der Waals surface area (Å²) in [4.78, 5) is 1.27. The van der Waals surface area contributed by atoms with Gasteiger partial charge in [0, 0.05) is 4.88 Å². The lowest BCUT2D eigenvalue weighted by atomic mass is 10.2. The van der Waals surface area contributed by atoms with Crippen molar-refractivity contribution in [3.8, 4) is 10.4 Å². The quantitative estimate of drug-likeness (QED) is 0.514. The first-order valence-electron chi connectivity index (χ1n) is 6.44. The van der Waals surface area contributed by atoms with Crippen molar-refractivity contribution in [2.45, 2.75) is 6.92 Å². The summed E-state index contributed by atoms with van der Waals surface area (Å²) in [6.07, 6.45) is 0. The van der Waals surface area contributed by atoms with Gasteiger partial charge in [0.15, 0.2) is 0 Å². The Morgan fingerprint density at radius 2 is 1.35 bits per heavy atom. The van der Waals surface area contributed by atoms with Crippen LogP contribution in [0.4, 0.5) is 11.4 Å². The molecule has 0 aliphatic heterocycles. The van der Waals surface area contributed by atoms with Crippen LogP contribution in [0.1, 0.15) is 5.56 Å². The maximum Gasteiger partial charge on any atom is 0.0857 e. The predicted molar refractivity (Wildman–Crippen MR) is 85.1 cm³/mol. The lowest BCUT2D eigenvalue weighted by Gasteiger charge is -1.98. The van der Waals surface area contributed by atoms with Crippen LogP contribution in [0.2, 0.25) is 0 Å². The standard InChI is InChI=1S/C17H14N2S/c1-13-4-8-15(9-5-13)18-19-16-10-6-14(7-11-16)17-3-2-12-20-17/h2-12H,1H3. The summed E-state index contributed by atoms with van der Waals surface area (Å²) >= 11 is 1.74. The van der Waals surface area contributed by atoms with Crippen LogP contribution < -0.4 is 0 Å². The molecule has 0 unspecified atom stereocenters. The molecular formula is C17H14N2S. The van der Waals surface area contributed by atoms with Gasteiger partial charge in [-0.3, -0.25) is 0 Å². The van der Waals surface area contributed by atoms with Gasteiger partial charge in [-0.05, 0) is 48.2 Å². The van der Waals surface area contributed by atoms with Crippen LogP contribution in [-0.2, 0) is 0 Å². The van der Waals surface area contributed by atoms with E-state index >= 15 is 0 Å². The van der Waals surface area contributed by atoms with Crippen molar-refractivity contribution in [3.05, 3.63) is 71.6 Å². The molecule has 1 heterocycles. The second-order valence-electron chi connectivity index (χ2n) is 4.56. The van der Waals surface area contributed by atoms with Gasteiger partial charge in [-0.15, -0.1) is 11.3 Å². The summed E-state index contributed by atoms with van der Waals surface area (Å²) in [6, 6.07) is 20.3. The summed E-state index contributed by atoms with van der Waals surface area (Å²) < 4.78 is 0. The Morgan fingerprint density at radius 1 is 0.750 bits per heavy atom. The minimum absolute atomic E-state index is 0.867. The zero-order valence-electron chi connectivity index (χ0n) is 11.2. The average molecular weight is 278 g/mol. The molecule has 3 heteroatoms. The monoisotopic (exact) mass is 278 g/mol. The first-order chi connectivity index (χ1) is 9.81. The van der Waals surface area contributed by atoms with E-state index in [1.54, 1.807) is 11.3 Å². The Bertz CT molecular complexity index is 696. The van der Waals surface area contributed by atoms with E-state index < -0.39 is 0 Å². The molecule has 0 atom stereocenters. The van der Waals surface area contributed by atoms with Crippen molar-refractivity contribution >= 4 is 22.7 Å². The maximum absolute atomic E-state index is 4.26. The average Bonchev–Trinajstić information content (AvgIpc) is 3.01. The Hall–Kier alpha value is -2.26. The molecule has 0 aliphatic carbocycles. The van der Waals surface area contributed by atoms with Crippen LogP contribution in [0.25, 0.3) is 10.4 Å². The molecule has 98 valence electrons. The van der Waals surface area contributed by atoms with Crippen LogP contribution in [0.5, 0.6) is 0 Å². The Kier molecular flexibility index (Phi) is 3.70. The van der Waals surface area contributed by atoms with Crippen LogP contribution >= 0.6 is 11.3 Å². The summed E-state index contributed by atoms with van der Waals surface area (Å²) in [5.74, 6) is 0. The Labute approximate surface area is 122 Å². The molecule has 0 fully saturated rings. The van der Waals surface area contributed by atoms with Gasteiger partial charge < -0.3 is 0 Å². The lowest BCUT2D eigenvalue weighted by molar-refractivity contribution is 1.23. The second kappa shape index (κ2) is 5.80. The van der Waals surface area contributed by atoms with Crippen LogP contribution in [0, 0.1) is 6.92 Å². The van der Waals surface area contributed by atoms with Gasteiger partial charge in [-0.1, -0.05) is 35.9 Å². The normalized spacial score (nSPS) is 11.1. The molecule has 0 radical (unpaired) electrons. The molecule has 3 aromatic rings. The van der Waals surface area contributed by atoms with Gasteiger partial charge in [-0.2, -0.15) is 10.2 Å². The van der Waals surface area contributed by atoms with E-state index in [2.05, 4.69) is 46.8 Å². The number of rotatable bonds is 3. The van der Waals surface area contributed by atoms with Crippen molar-refractivity contribution in [2.75, 3.05) is 0 Å². The van der Waals surface area contributed by atoms with E-state index in [4.69, 9.17) is 0 Å². The third-order valence-electron chi connectivity index (χ3n) is 2.99. The molecule has 0 bridgehead atoms. The summed E-state index contributed by atoms with van der Waals surface area (Å²) in [5.41, 5.74) is 4.18. The van der Waals surface area contributed by atoms with E-state index in [0.29, 0.717) is 0 Å². The molecule has 0 N–H and O–H groups in total. The number of nitrogens with zero attached hydrogens (tertiary/aromatic N) is 2. The van der Waals surface area contributed by atoms with Gasteiger partial charge in [0.25, 0.3) is 0 Å². The molecule has 0 aliphatic rings. The molecule has 2 nitrogen and oxygen atoms in total. The van der Waals surface area contributed by atoms with Gasteiger partial charge in [0.05, 0.1) is 11.4 Å². The Balaban J connectivity index is 1.76. The fourth-order valence-corrected chi connectivity index (χ4v) is 2.60. The molecule has 0 saturated carbocycles. The highest BCUT2D eigenvalue weighted by Crippen LogP contribution is 2.27. The van der Waals surface area contributed by atoms with Gasteiger partial charge >= 0.3 is 0 Å². The number of thiophene rings is 1. The minimum Gasteiger partial charge on any atom is -0.151 e. The smallest absolute Gasteiger partial charge is 0.0857 e. The van der Waals surface area contributed by atoms with Gasteiger partial charge in [-0.25, -0.2) is 0 Å². The topological polar surface area (TPSA) is 24.7 Å². The molecule has 20 heavy (non-hydrogen) atoms. The predicted octanol–water partition coefficient (Wildman–Crippen LogP) is 6.14. The van der Waals surface area contributed by atoms with E-state index in [0.717, 1.165) is 11.4 Å². The number of aryl methyl sites for hydroxylation is 1. The molecule has 1 aromatic heterocycles. The SMILES string of the molecule is Cc1ccc(N=Nc2ccc(-c3cccs3)cc2)cc1. The van der Waals surface area contributed by atoms with E-state index in [-0.39, 0.29) is 0 Å². The van der Waals surface area contributed by atoms with E-state index in [1.165, 1.54) is 16.0 Å². The number of benzene rings is 2. The summed E-state index contributed by atoms with van der Waals surface area (Å²) in [5, 5.41) is 10.6. The molecule has 0 spiro atoms. The molecule has 3 rings (SSSR count). The first-order valence-corrected chi connectivity index (χ1v) is 7.31. The first kappa shape index (κ1) is 12.8. The molecule has 2 aromatic carbocycles. The summed E-state index contributed by atoms with van der Waals surface area (Å²) in [7, 11) is 0. The summed E-state index contributed by atoms with van der Waals surface area (Å²) in [6.45, 7) is 2.06. The third kappa shape index (κ3) is 3.00. The van der Waals surface area contributed by atoms with Crippen molar-refractivity contribution in [1.82, 2.24) is 0 Å². The van der Waals surface area contributed by atoms with Crippen LogP contribution in [0.15, 0.2) is 76.3 Å². The third-order valence-corrected chi connectivity index (χ3v) is 3.91. The highest BCUT2D eigenvalue weighted by Gasteiger charge is 1.98. The van der Waals surface area contributed by atoms with E-state index in [1.807, 2.05) is 36.4 Å². The highest BCUT2D eigenvalue weighted by atomic mass is 32.1. The molecule has 0 saturated heterocycles. The van der Waals surface area contributed by atoms with Crippen molar-refractivity contribution in [3.63, 3.8) is 0 Å². The van der Waals surface area contributed by atoms with Crippen LogP contribution in [0.3, 0.4) is 0 Å². The second-order valence-corrected chi connectivity index (χ2v) is 5.51. The Morgan fingerprint density at radius 3 is 1.90 bits per heavy atom. The molecular weight excluding hydrogens is 264 g/mol. The van der Waals surface area contributed by atoms with Crippen molar-refractivity contribution in [2.24, 2.45) is 10.2 Å². The zero-order valence-corrected chi connectivity index (χ0v) is 12.0.